The van der Waals surface area contributed by atoms with E-state index in [1.54, 1.807) is 36.4 Å². The molecule has 0 aliphatic carbocycles. The minimum atomic E-state index is -0.414. The third-order valence-corrected chi connectivity index (χ3v) is 6.01. The molecule has 2 amide bonds. The Bertz CT molecular complexity index is 1250. The molecule has 0 fully saturated rings. The molecule has 3 aromatic rings. The Morgan fingerprint density at radius 3 is 2.26 bits per heavy atom. The van der Waals surface area contributed by atoms with E-state index < -0.39 is 5.91 Å². The highest BCUT2D eigenvalue weighted by Crippen LogP contribution is 2.36. The van der Waals surface area contributed by atoms with Crippen molar-refractivity contribution >= 4 is 52.0 Å². The lowest BCUT2D eigenvalue weighted by molar-refractivity contribution is -0.120. The van der Waals surface area contributed by atoms with E-state index in [1.165, 1.54) is 4.90 Å². The summed E-state index contributed by atoms with van der Waals surface area (Å²) in [5.41, 5.74) is 4.93. The summed E-state index contributed by atoms with van der Waals surface area (Å²) in [6.45, 7) is 5.66. The van der Waals surface area contributed by atoms with E-state index in [4.69, 9.17) is 23.2 Å². The molecule has 31 heavy (non-hydrogen) atoms. The lowest BCUT2D eigenvalue weighted by Crippen LogP contribution is -2.33. The zero-order valence-corrected chi connectivity index (χ0v) is 18.8. The van der Waals surface area contributed by atoms with Crippen molar-refractivity contribution in [3.63, 3.8) is 0 Å². The van der Waals surface area contributed by atoms with E-state index in [0.717, 1.165) is 16.7 Å². The van der Waals surface area contributed by atoms with Gasteiger partial charge in [-0.2, -0.15) is 0 Å². The Kier molecular flexibility index (Phi) is 5.61. The molecule has 4 nitrogen and oxygen atoms in total. The Morgan fingerprint density at radius 1 is 0.839 bits per heavy atom. The van der Waals surface area contributed by atoms with Gasteiger partial charge < -0.3 is 5.32 Å². The summed E-state index contributed by atoms with van der Waals surface area (Å²) < 4.78 is 0. The van der Waals surface area contributed by atoms with Gasteiger partial charge in [-0.05, 0) is 73.4 Å². The number of halogens is 2. The number of anilines is 2. The fourth-order valence-electron chi connectivity index (χ4n) is 3.59. The van der Waals surface area contributed by atoms with E-state index >= 15 is 0 Å². The van der Waals surface area contributed by atoms with E-state index in [-0.39, 0.29) is 11.6 Å². The van der Waals surface area contributed by atoms with Crippen LogP contribution in [0.5, 0.6) is 0 Å². The molecule has 1 aliphatic heterocycles. The van der Waals surface area contributed by atoms with Crippen LogP contribution in [0.3, 0.4) is 0 Å². The Balaban J connectivity index is 1.88. The van der Waals surface area contributed by atoms with Gasteiger partial charge in [-0.1, -0.05) is 53.5 Å². The van der Waals surface area contributed by atoms with Crippen LogP contribution in [0.15, 0.2) is 66.4 Å². The van der Waals surface area contributed by atoms with E-state index in [0.29, 0.717) is 32.6 Å². The highest BCUT2D eigenvalue weighted by Gasteiger charge is 2.41. The molecule has 0 saturated heterocycles. The summed E-state index contributed by atoms with van der Waals surface area (Å²) in [5, 5.41) is 4.30. The van der Waals surface area contributed by atoms with Gasteiger partial charge in [0.2, 0.25) is 0 Å². The molecular weight excluding hydrogens is 431 g/mol. The number of aryl methyl sites for hydroxylation is 2. The largest absolute Gasteiger partial charge is 0.350 e. The second-order valence-electron chi connectivity index (χ2n) is 7.53. The second-order valence-corrected chi connectivity index (χ2v) is 8.37. The van der Waals surface area contributed by atoms with Crippen LogP contribution in [0.4, 0.5) is 11.4 Å². The van der Waals surface area contributed by atoms with Crippen LogP contribution in [0.25, 0.3) is 5.57 Å². The van der Waals surface area contributed by atoms with Crippen LogP contribution in [0, 0.1) is 20.8 Å². The van der Waals surface area contributed by atoms with Gasteiger partial charge in [-0.3, -0.25) is 9.59 Å². The van der Waals surface area contributed by atoms with Crippen LogP contribution in [-0.4, -0.2) is 11.8 Å². The average Bonchev–Trinajstić information content (AvgIpc) is 2.98. The fourth-order valence-corrected chi connectivity index (χ4v) is 3.89. The van der Waals surface area contributed by atoms with Gasteiger partial charge in [-0.25, -0.2) is 4.90 Å². The summed E-state index contributed by atoms with van der Waals surface area (Å²) >= 11 is 12.3. The standard InChI is InChI=1S/C25H20Cl2N2O2/c1-14-7-8-15(2)21(13-14)29-24(30)22(17-9-11-18(26)12-10-17)23(25(29)31)28-20-6-4-5-19(27)16(20)3/h4-13,28H,1-3H3. The molecule has 0 spiro atoms. The van der Waals surface area contributed by atoms with Crippen LogP contribution >= 0.6 is 23.2 Å². The van der Waals surface area contributed by atoms with Crippen molar-refractivity contribution in [3.05, 3.63) is 98.7 Å². The number of nitrogens with zero attached hydrogens (tertiary/aromatic N) is 1. The van der Waals surface area contributed by atoms with Crippen molar-refractivity contribution in [2.45, 2.75) is 20.8 Å². The average molecular weight is 451 g/mol. The first-order valence-electron chi connectivity index (χ1n) is 9.76. The molecule has 0 aromatic heterocycles. The lowest BCUT2D eigenvalue weighted by atomic mass is 10.0. The molecule has 0 saturated carbocycles. The molecule has 0 unspecified atom stereocenters. The number of hydrogen-bond acceptors (Lipinski definition) is 3. The fraction of sp³-hybridized carbons (Fsp3) is 0.120. The molecule has 1 heterocycles. The lowest BCUT2D eigenvalue weighted by Gasteiger charge is -2.18. The second kappa shape index (κ2) is 8.22. The molecule has 6 heteroatoms. The number of benzene rings is 3. The Labute approximate surface area is 191 Å². The van der Waals surface area contributed by atoms with Crippen molar-refractivity contribution < 1.29 is 9.59 Å². The van der Waals surface area contributed by atoms with Gasteiger partial charge in [0.15, 0.2) is 0 Å². The van der Waals surface area contributed by atoms with Crippen molar-refractivity contribution in [1.82, 2.24) is 0 Å². The molecule has 1 N–H and O–H groups in total. The predicted octanol–water partition coefficient (Wildman–Crippen LogP) is 6.32. The minimum absolute atomic E-state index is 0.207. The maximum absolute atomic E-state index is 13.6. The first-order valence-corrected chi connectivity index (χ1v) is 10.5. The van der Waals surface area contributed by atoms with Gasteiger partial charge in [-0.15, -0.1) is 0 Å². The van der Waals surface area contributed by atoms with Gasteiger partial charge in [0.1, 0.15) is 5.70 Å². The SMILES string of the molecule is Cc1ccc(C)c(N2C(=O)C(Nc3cccc(Cl)c3C)=C(c3ccc(Cl)cc3)C2=O)c1. The molecule has 0 atom stereocenters. The Hall–Kier alpha value is -3.08. The van der Waals surface area contributed by atoms with Crippen LogP contribution < -0.4 is 10.2 Å². The monoisotopic (exact) mass is 450 g/mol. The summed E-state index contributed by atoms with van der Waals surface area (Å²) in [7, 11) is 0. The summed E-state index contributed by atoms with van der Waals surface area (Å²) in [6.07, 6.45) is 0. The van der Waals surface area contributed by atoms with Gasteiger partial charge in [0.05, 0.1) is 11.3 Å². The van der Waals surface area contributed by atoms with Gasteiger partial charge >= 0.3 is 0 Å². The Morgan fingerprint density at radius 2 is 1.55 bits per heavy atom. The third kappa shape index (κ3) is 3.85. The van der Waals surface area contributed by atoms with E-state index in [9.17, 15) is 9.59 Å². The molecule has 4 rings (SSSR count). The highest BCUT2D eigenvalue weighted by atomic mass is 35.5. The summed E-state index contributed by atoms with van der Waals surface area (Å²) in [4.78, 5) is 28.4. The van der Waals surface area contributed by atoms with E-state index in [1.807, 2.05) is 45.0 Å². The number of carbonyl (C=O) groups excluding carboxylic acids is 2. The van der Waals surface area contributed by atoms with Crippen molar-refractivity contribution in [3.8, 4) is 0 Å². The van der Waals surface area contributed by atoms with Crippen molar-refractivity contribution in [2.24, 2.45) is 0 Å². The zero-order chi connectivity index (χ0) is 22.3. The number of amides is 2. The van der Waals surface area contributed by atoms with E-state index in [2.05, 4.69) is 5.32 Å². The molecule has 156 valence electrons. The van der Waals surface area contributed by atoms with Crippen molar-refractivity contribution in [2.75, 3.05) is 10.2 Å². The first-order chi connectivity index (χ1) is 14.8. The summed E-state index contributed by atoms with van der Waals surface area (Å²) in [6, 6.07) is 18.0. The quantitative estimate of drug-likeness (QED) is 0.473. The predicted molar refractivity (Wildman–Crippen MR) is 127 cm³/mol. The number of nitrogens with one attached hydrogen (secondary N) is 1. The maximum Gasteiger partial charge on any atom is 0.282 e. The zero-order valence-electron chi connectivity index (χ0n) is 17.3. The third-order valence-electron chi connectivity index (χ3n) is 5.35. The van der Waals surface area contributed by atoms with Gasteiger partial charge in [0.25, 0.3) is 11.8 Å². The normalized spacial score (nSPS) is 13.9. The molecule has 1 aliphatic rings. The molecule has 0 radical (unpaired) electrons. The van der Waals surface area contributed by atoms with Crippen LogP contribution in [0.1, 0.15) is 22.3 Å². The van der Waals surface area contributed by atoms with Gasteiger partial charge in [0, 0.05) is 15.7 Å². The molecule has 0 bridgehead atoms. The first kappa shape index (κ1) is 21.2. The smallest absolute Gasteiger partial charge is 0.282 e. The molecule has 3 aromatic carbocycles. The maximum atomic E-state index is 13.6. The minimum Gasteiger partial charge on any atom is -0.350 e. The topological polar surface area (TPSA) is 49.4 Å². The van der Waals surface area contributed by atoms with Crippen LogP contribution in [0.2, 0.25) is 10.0 Å². The summed E-state index contributed by atoms with van der Waals surface area (Å²) in [5.74, 6) is -0.800. The van der Waals surface area contributed by atoms with Crippen LogP contribution in [-0.2, 0) is 9.59 Å². The number of imide groups is 1. The number of hydrogen-bond donors (Lipinski definition) is 1. The molecular formula is C25H20Cl2N2O2. The number of carbonyl (C=O) groups is 2. The van der Waals surface area contributed by atoms with Crippen molar-refractivity contribution in [1.29, 1.82) is 0 Å². The number of rotatable bonds is 4. The highest BCUT2D eigenvalue weighted by molar-refractivity contribution is 6.46.